The molecule has 3 amide bonds. The first-order valence-corrected chi connectivity index (χ1v) is 11.7. The van der Waals surface area contributed by atoms with Gasteiger partial charge in [0.25, 0.3) is 11.8 Å². The maximum atomic E-state index is 13.1. The summed E-state index contributed by atoms with van der Waals surface area (Å²) in [5.74, 6) is -1.83. The molecule has 2 aromatic rings. The third-order valence-electron chi connectivity index (χ3n) is 6.09. The average Bonchev–Trinajstić information content (AvgIpc) is 3.30. The van der Waals surface area contributed by atoms with Gasteiger partial charge in [0, 0.05) is 12.5 Å². The van der Waals surface area contributed by atoms with Gasteiger partial charge in [0.2, 0.25) is 5.91 Å². The highest BCUT2D eigenvalue weighted by Crippen LogP contribution is 2.34. The summed E-state index contributed by atoms with van der Waals surface area (Å²) in [5.41, 5.74) is 1.30. The highest BCUT2D eigenvalue weighted by Gasteiger charge is 2.40. The Bertz CT molecular complexity index is 1090. The number of benzene rings is 1. The second-order valence-electron chi connectivity index (χ2n) is 8.23. The second-order valence-corrected chi connectivity index (χ2v) is 9.23. The standard InChI is InChI=1S/C24H25N3O5S/c1-3-12-32-23(31)19-14(2)25-24(33-19)26-20(28)16-9-5-4-8-15(16)13-27-21(29)17-10-6-7-11-18(17)22(27)30/h3,6-7,10-11,15-16H,1,4-5,8-9,12-13H2,2H3,(H,25,26,28). The van der Waals surface area contributed by atoms with Crippen LogP contribution in [0.5, 0.6) is 0 Å². The zero-order valence-corrected chi connectivity index (χ0v) is 19.2. The third-order valence-corrected chi connectivity index (χ3v) is 7.14. The number of hydrogen-bond acceptors (Lipinski definition) is 7. The van der Waals surface area contributed by atoms with Crippen LogP contribution in [-0.2, 0) is 9.53 Å². The minimum Gasteiger partial charge on any atom is -0.457 e. The molecule has 172 valence electrons. The summed E-state index contributed by atoms with van der Waals surface area (Å²) < 4.78 is 5.06. The molecule has 1 saturated carbocycles. The smallest absolute Gasteiger partial charge is 0.350 e. The van der Waals surface area contributed by atoms with Crippen molar-refractivity contribution in [3.05, 3.63) is 58.6 Å². The summed E-state index contributed by atoms with van der Waals surface area (Å²) >= 11 is 1.07. The Morgan fingerprint density at radius 1 is 1.21 bits per heavy atom. The van der Waals surface area contributed by atoms with E-state index in [1.165, 1.54) is 11.0 Å². The molecule has 1 N–H and O–H groups in total. The maximum absolute atomic E-state index is 13.1. The first-order valence-electron chi connectivity index (χ1n) is 10.9. The number of fused-ring (bicyclic) bond motifs is 1. The normalized spacial score (nSPS) is 19.8. The molecule has 0 radical (unpaired) electrons. The topological polar surface area (TPSA) is 106 Å². The summed E-state index contributed by atoms with van der Waals surface area (Å²) in [6.07, 6.45) is 4.73. The van der Waals surface area contributed by atoms with Gasteiger partial charge in [-0.2, -0.15) is 0 Å². The largest absolute Gasteiger partial charge is 0.457 e. The van der Waals surface area contributed by atoms with Crippen LogP contribution in [0, 0.1) is 18.8 Å². The molecule has 0 bridgehead atoms. The second kappa shape index (κ2) is 9.66. The van der Waals surface area contributed by atoms with Crippen LogP contribution in [0.3, 0.4) is 0 Å². The van der Waals surface area contributed by atoms with Crippen molar-refractivity contribution in [2.75, 3.05) is 18.5 Å². The predicted octanol–water partition coefficient (Wildman–Crippen LogP) is 3.84. The number of carbonyl (C=O) groups excluding carboxylic acids is 4. The number of thiazole rings is 1. The number of aryl methyl sites for hydroxylation is 1. The lowest BCUT2D eigenvalue weighted by molar-refractivity contribution is -0.122. The lowest BCUT2D eigenvalue weighted by Crippen LogP contribution is -2.41. The van der Waals surface area contributed by atoms with Gasteiger partial charge in [0.05, 0.1) is 16.8 Å². The van der Waals surface area contributed by atoms with Crippen LogP contribution in [-0.4, -0.2) is 46.7 Å². The van der Waals surface area contributed by atoms with Crippen LogP contribution < -0.4 is 5.32 Å². The van der Waals surface area contributed by atoms with Crippen LogP contribution >= 0.6 is 11.3 Å². The molecule has 1 fully saturated rings. The van der Waals surface area contributed by atoms with Gasteiger partial charge >= 0.3 is 5.97 Å². The van der Waals surface area contributed by atoms with Gasteiger partial charge in [-0.05, 0) is 37.8 Å². The molecular weight excluding hydrogens is 442 g/mol. The lowest BCUT2D eigenvalue weighted by atomic mass is 9.78. The number of anilines is 1. The van der Waals surface area contributed by atoms with E-state index in [4.69, 9.17) is 4.74 Å². The maximum Gasteiger partial charge on any atom is 0.350 e. The number of nitrogens with one attached hydrogen (secondary N) is 1. The Hall–Kier alpha value is -3.33. The van der Waals surface area contributed by atoms with Crippen LogP contribution in [0.25, 0.3) is 0 Å². The number of esters is 1. The quantitative estimate of drug-likeness (QED) is 0.377. The molecule has 0 spiro atoms. The van der Waals surface area contributed by atoms with Gasteiger partial charge in [-0.25, -0.2) is 9.78 Å². The number of carbonyl (C=O) groups is 4. The van der Waals surface area contributed by atoms with Crippen LogP contribution in [0.15, 0.2) is 36.9 Å². The van der Waals surface area contributed by atoms with E-state index in [1.807, 2.05) is 0 Å². The van der Waals surface area contributed by atoms with Crippen LogP contribution in [0.1, 0.15) is 61.8 Å². The highest BCUT2D eigenvalue weighted by molar-refractivity contribution is 7.17. The van der Waals surface area contributed by atoms with Crippen molar-refractivity contribution >= 4 is 40.2 Å². The van der Waals surface area contributed by atoms with E-state index in [2.05, 4.69) is 16.9 Å². The number of amides is 3. The molecule has 33 heavy (non-hydrogen) atoms. The van der Waals surface area contributed by atoms with E-state index in [9.17, 15) is 19.2 Å². The first-order chi connectivity index (χ1) is 15.9. The minimum absolute atomic E-state index is 0.0967. The van der Waals surface area contributed by atoms with E-state index in [1.54, 1.807) is 31.2 Å². The van der Waals surface area contributed by atoms with Crippen LogP contribution in [0.2, 0.25) is 0 Å². The van der Waals surface area contributed by atoms with Crippen molar-refractivity contribution in [2.24, 2.45) is 11.8 Å². The van der Waals surface area contributed by atoms with Crippen molar-refractivity contribution in [1.82, 2.24) is 9.88 Å². The summed E-state index contributed by atoms with van der Waals surface area (Å²) in [6, 6.07) is 6.79. The SMILES string of the molecule is C=CCOC(=O)c1sc(NC(=O)C2CCCCC2CN2C(=O)c3ccccc3C2=O)nc1C. The Morgan fingerprint density at radius 2 is 1.88 bits per heavy atom. The summed E-state index contributed by atoms with van der Waals surface area (Å²) in [4.78, 5) is 56.7. The van der Waals surface area contributed by atoms with E-state index in [0.717, 1.165) is 30.6 Å². The molecule has 2 aliphatic rings. The zero-order valence-electron chi connectivity index (χ0n) is 18.3. The molecule has 9 heteroatoms. The molecule has 0 saturated heterocycles. The number of aromatic nitrogens is 1. The van der Waals surface area contributed by atoms with Gasteiger partial charge in [-0.3, -0.25) is 19.3 Å². The number of ether oxygens (including phenoxy) is 1. The van der Waals surface area contributed by atoms with Crippen LogP contribution in [0.4, 0.5) is 5.13 Å². The van der Waals surface area contributed by atoms with E-state index in [0.29, 0.717) is 33.3 Å². The van der Waals surface area contributed by atoms with E-state index in [-0.39, 0.29) is 42.7 Å². The number of imide groups is 1. The molecule has 1 aromatic heterocycles. The summed E-state index contributed by atoms with van der Waals surface area (Å²) in [5, 5.41) is 3.16. The molecule has 1 aliphatic carbocycles. The molecule has 2 heterocycles. The Balaban J connectivity index is 1.45. The van der Waals surface area contributed by atoms with E-state index >= 15 is 0 Å². The highest BCUT2D eigenvalue weighted by atomic mass is 32.1. The molecule has 2 unspecified atom stereocenters. The minimum atomic E-state index is -0.508. The Morgan fingerprint density at radius 3 is 2.55 bits per heavy atom. The average molecular weight is 468 g/mol. The molecular formula is C24H25N3O5S. The summed E-state index contributed by atoms with van der Waals surface area (Å²) in [6.45, 7) is 5.51. The molecule has 4 rings (SSSR count). The zero-order chi connectivity index (χ0) is 23.5. The number of hydrogen-bond donors (Lipinski definition) is 1. The van der Waals surface area contributed by atoms with Crippen molar-refractivity contribution in [2.45, 2.75) is 32.6 Å². The van der Waals surface area contributed by atoms with Gasteiger partial charge in [0.15, 0.2) is 5.13 Å². The lowest BCUT2D eigenvalue weighted by Gasteiger charge is -2.32. The van der Waals surface area contributed by atoms with Gasteiger partial charge < -0.3 is 10.1 Å². The molecule has 8 nitrogen and oxygen atoms in total. The Kier molecular flexibility index (Phi) is 6.69. The first kappa shape index (κ1) is 22.8. The van der Waals surface area contributed by atoms with Crippen molar-refractivity contribution in [1.29, 1.82) is 0 Å². The molecule has 1 aliphatic heterocycles. The van der Waals surface area contributed by atoms with E-state index < -0.39 is 5.97 Å². The third kappa shape index (κ3) is 4.59. The Labute approximate surface area is 195 Å². The fourth-order valence-corrected chi connectivity index (χ4v) is 5.31. The fraction of sp³-hybridized carbons (Fsp3) is 0.375. The molecule has 2 atom stereocenters. The van der Waals surface area contributed by atoms with Crippen molar-refractivity contribution in [3.8, 4) is 0 Å². The van der Waals surface area contributed by atoms with Gasteiger partial charge in [-0.15, -0.1) is 0 Å². The van der Waals surface area contributed by atoms with Crippen molar-refractivity contribution < 1.29 is 23.9 Å². The predicted molar refractivity (Wildman–Crippen MR) is 123 cm³/mol. The number of rotatable bonds is 7. The monoisotopic (exact) mass is 467 g/mol. The van der Waals surface area contributed by atoms with Gasteiger partial charge in [0.1, 0.15) is 11.5 Å². The summed E-state index contributed by atoms with van der Waals surface area (Å²) in [7, 11) is 0. The van der Waals surface area contributed by atoms with Crippen molar-refractivity contribution in [3.63, 3.8) is 0 Å². The van der Waals surface area contributed by atoms with Gasteiger partial charge in [-0.1, -0.05) is 49.0 Å². The fourth-order valence-electron chi connectivity index (χ4n) is 4.45. The molecule has 1 aromatic carbocycles. The number of nitrogens with zero attached hydrogens (tertiary/aromatic N) is 2.